The van der Waals surface area contributed by atoms with Crippen molar-refractivity contribution in [1.82, 2.24) is 9.62 Å². The lowest BCUT2D eigenvalue weighted by molar-refractivity contribution is -0.122. The highest BCUT2D eigenvalue weighted by Crippen LogP contribution is 2.32. The molecule has 6 nitrogen and oxygen atoms in total. The lowest BCUT2D eigenvalue weighted by Gasteiger charge is -2.33. The number of carbonyl (C=O) groups is 1. The van der Waals surface area contributed by atoms with E-state index in [0.717, 1.165) is 48.8 Å². The van der Waals surface area contributed by atoms with Gasteiger partial charge >= 0.3 is 0 Å². The van der Waals surface area contributed by atoms with Crippen LogP contribution in [0.25, 0.3) is 0 Å². The maximum Gasteiger partial charge on any atom is 0.243 e. The summed E-state index contributed by atoms with van der Waals surface area (Å²) >= 11 is 6.22. The predicted octanol–water partition coefficient (Wildman–Crippen LogP) is 5.47. The molecule has 0 heterocycles. The van der Waals surface area contributed by atoms with Gasteiger partial charge < -0.3 is 10.1 Å². The highest BCUT2D eigenvalue weighted by molar-refractivity contribution is 7.89. The number of hydrogen-bond donors (Lipinski definition) is 1. The van der Waals surface area contributed by atoms with Gasteiger partial charge in [0.25, 0.3) is 0 Å². The number of nitrogens with zero attached hydrogens (tertiary/aromatic N) is 1. The summed E-state index contributed by atoms with van der Waals surface area (Å²) in [5.41, 5.74) is 4.49. The summed E-state index contributed by atoms with van der Waals surface area (Å²) in [4.78, 5) is 13.2. The van der Waals surface area contributed by atoms with Crippen LogP contribution in [0.5, 0.6) is 5.75 Å². The number of nitrogens with one attached hydrogen (secondary N) is 1. The molecule has 0 saturated heterocycles. The van der Waals surface area contributed by atoms with Crippen LogP contribution in [0.15, 0.2) is 35.2 Å². The van der Waals surface area contributed by atoms with Crippen LogP contribution in [0, 0.1) is 20.8 Å². The fourth-order valence-corrected chi connectivity index (χ4v) is 6.67. The largest absolute Gasteiger partial charge is 0.495 e. The van der Waals surface area contributed by atoms with Crippen LogP contribution in [0.3, 0.4) is 0 Å². The molecule has 186 valence electrons. The molecule has 1 fully saturated rings. The normalized spacial score (nSPS) is 15.9. The summed E-state index contributed by atoms with van der Waals surface area (Å²) < 4.78 is 33.8. The van der Waals surface area contributed by atoms with Crippen molar-refractivity contribution in [2.24, 2.45) is 0 Å². The first-order valence-electron chi connectivity index (χ1n) is 11.8. The number of benzene rings is 2. The smallest absolute Gasteiger partial charge is 0.243 e. The number of amides is 1. The Labute approximate surface area is 208 Å². The number of hydrogen-bond acceptors (Lipinski definition) is 4. The van der Waals surface area contributed by atoms with Crippen LogP contribution in [0.2, 0.25) is 5.02 Å². The van der Waals surface area contributed by atoms with Crippen LogP contribution in [0.4, 0.5) is 0 Å². The van der Waals surface area contributed by atoms with E-state index in [1.54, 1.807) is 6.07 Å². The molecular formula is C26H35ClN2O4S. The number of rotatable bonds is 8. The highest BCUT2D eigenvalue weighted by Gasteiger charge is 2.34. The molecule has 1 amide bonds. The van der Waals surface area contributed by atoms with Crippen molar-refractivity contribution in [3.63, 3.8) is 0 Å². The van der Waals surface area contributed by atoms with Crippen LogP contribution in [-0.4, -0.2) is 38.3 Å². The first-order chi connectivity index (χ1) is 16.0. The van der Waals surface area contributed by atoms with Crippen LogP contribution >= 0.6 is 11.6 Å². The third-order valence-corrected chi connectivity index (χ3v) is 8.93. The molecule has 1 unspecified atom stereocenters. The van der Waals surface area contributed by atoms with E-state index in [-0.39, 0.29) is 34.5 Å². The second-order valence-corrected chi connectivity index (χ2v) is 11.5. The van der Waals surface area contributed by atoms with E-state index in [1.807, 2.05) is 20.8 Å². The molecule has 1 aliphatic rings. The molecule has 2 aromatic rings. The molecule has 2 aromatic carbocycles. The summed E-state index contributed by atoms with van der Waals surface area (Å²) in [6.07, 6.45) is 4.44. The standard InChI is InChI=1S/C26H35ClN2O4S/c1-17-13-19(3)23(14-18(17)2)20(4)28-26(30)16-29(21-9-7-6-8-10-21)34(31,32)22-11-12-25(33-5)24(27)15-22/h11-15,20-21H,6-10,16H2,1-5H3,(H,28,30). The molecule has 1 N–H and O–H groups in total. The SMILES string of the molecule is COc1ccc(S(=O)(=O)N(CC(=O)NC(C)c2cc(C)c(C)cc2C)C2CCCCC2)cc1Cl. The van der Waals surface area contributed by atoms with Gasteiger partial charge in [-0.2, -0.15) is 4.31 Å². The predicted molar refractivity (Wildman–Crippen MR) is 136 cm³/mol. The average Bonchev–Trinajstić information content (AvgIpc) is 2.80. The van der Waals surface area contributed by atoms with Crippen LogP contribution in [-0.2, 0) is 14.8 Å². The van der Waals surface area contributed by atoms with Gasteiger partial charge in [0, 0.05) is 6.04 Å². The van der Waals surface area contributed by atoms with E-state index >= 15 is 0 Å². The zero-order valence-electron chi connectivity index (χ0n) is 20.7. The van der Waals surface area contributed by atoms with Crippen molar-refractivity contribution in [1.29, 1.82) is 0 Å². The molecule has 8 heteroatoms. The topological polar surface area (TPSA) is 75.7 Å². The number of ether oxygens (including phenoxy) is 1. The maximum absolute atomic E-state index is 13.7. The van der Waals surface area contributed by atoms with Gasteiger partial charge in [-0.3, -0.25) is 4.79 Å². The molecule has 1 atom stereocenters. The monoisotopic (exact) mass is 506 g/mol. The molecule has 0 radical (unpaired) electrons. The summed E-state index contributed by atoms with van der Waals surface area (Å²) in [7, 11) is -2.45. The zero-order valence-corrected chi connectivity index (χ0v) is 22.2. The van der Waals surface area contributed by atoms with E-state index < -0.39 is 10.0 Å². The number of halogens is 1. The molecule has 0 aromatic heterocycles. The lowest BCUT2D eigenvalue weighted by atomic mass is 9.95. The molecule has 1 aliphatic carbocycles. The minimum absolute atomic E-state index is 0.0646. The van der Waals surface area contributed by atoms with Crippen molar-refractivity contribution < 1.29 is 17.9 Å². The molecular weight excluding hydrogens is 472 g/mol. The third kappa shape index (κ3) is 5.93. The van der Waals surface area contributed by atoms with Crippen LogP contribution < -0.4 is 10.1 Å². The summed E-state index contributed by atoms with van der Waals surface area (Å²) in [5.74, 6) is 0.0825. The van der Waals surface area contributed by atoms with Crippen molar-refractivity contribution in [2.75, 3.05) is 13.7 Å². The number of aryl methyl sites for hydroxylation is 3. The minimum Gasteiger partial charge on any atom is -0.495 e. The van der Waals surface area contributed by atoms with E-state index in [1.165, 1.54) is 29.1 Å². The number of methoxy groups -OCH3 is 1. The Bertz CT molecular complexity index is 1140. The number of carbonyl (C=O) groups excluding carboxylic acids is 1. The minimum atomic E-state index is -3.93. The first-order valence-corrected chi connectivity index (χ1v) is 13.6. The Kier molecular flexibility index (Phi) is 8.66. The Morgan fingerprint density at radius 2 is 1.74 bits per heavy atom. The van der Waals surface area contributed by atoms with Gasteiger partial charge in [-0.05, 0) is 81.0 Å². The highest BCUT2D eigenvalue weighted by atomic mass is 35.5. The summed E-state index contributed by atoms with van der Waals surface area (Å²) in [6, 6.07) is 8.16. The third-order valence-electron chi connectivity index (χ3n) is 6.74. The van der Waals surface area contributed by atoms with Gasteiger partial charge in [-0.1, -0.05) is 43.0 Å². The molecule has 0 spiro atoms. The van der Waals surface area contributed by atoms with Crippen molar-refractivity contribution in [3.8, 4) is 5.75 Å². The van der Waals surface area contributed by atoms with E-state index in [4.69, 9.17) is 16.3 Å². The second-order valence-electron chi connectivity index (χ2n) is 9.22. The molecule has 0 bridgehead atoms. The lowest BCUT2D eigenvalue weighted by Crippen LogP contribution is -2.47. The summed E-state index contributed by atoms with van der Waals surface area (Å²) in [6.45, 7) is 7.83. The van der Waals surface area contributed by atoms with Gasteiger partial charge in [-0.15, -0.1) is 0 Å². The Morgan fingerprint density at radius 3 is 2.35 bits per heavy atom. The molecule has 3 rings (SSSR count). The van der Waals surface area contributed by atoms with Gasteiger partial charge in [0.05, 0.1) is 29.6 Å². The van der Waals surface area contributed by atoms with E-state index in [9.17, 15) is 13.2 Å². The zero-order chi connectivity index (χ0) is 25.0. The second kappa shape index (κ2) is 11.1. The Hall–Kier alpha value is -2.09. The van der Waals surface area contributed by atoms with Gasteiger partial charge in [0.1, 0.15) is 5.75 Å². The molecule has 1 saturated carbocycles. The Balaban J connectivity index is 1.85. The quantitative estimate of drug-likeness (QED) is 0.514. The first kappa shape index (κ1) is 26.5. The molecule has 34 heavy (non-hydrogen) atoms. The number of sulfonamides is 1. The fourth-order valence-electron chi connectivity index (χ4n) is 4.68. The summed E-state index contributed by atoms with van der Waals surface area (Å²) in [5, 5.41) is 3.23. The van der Waals surface area contributed by atoms with Gasteiger partial charge in [-0.25, -0.2) is 8.42 Å². The van der Waals surface area contributed by atoms with E-state index in [2.05, 4.69) is 24.4 Å². The van der Waals surface area contributed by atoms with Crippen molar-refractivity contribution in [3.05, 3.63) is 57.6 Å². The van der Waals surface area contributed by atoms with Gasteiger partial charge in [0.2, 0.25) is 15.9 Å². The van der Waals surface area contributed by atoms with Crippen LogP contribution in [0.1, 0.15) is 67.3 Å². The van der Waals surface area contributed by atoms with Gasteiger partial charge in [0.15, 0.2) is 0 Å². The Morgan fingerprint density at radius 1 is 1.09 bits per heavy atom. The average molecular weight is 507 g/mol. The van der Waals surface area contributed by atoms with Crippen molar-refractivity contribution >= 4 is 27.5 Å². The molecule has 0 aliphatic heterocycles. The maximum atomic E-state index is 13.7. The van der Waals surface area contributed by atoms with Crippen molar-refractivity contribution in [2.45, 2.75) is 76.8 Å². The fraction of sp³-hybridized carbons (Fsp3) is 0.500. The van der Waals surface area contributed by atoms with E-state index in [0.29, 0.717) is 5.75 Å².